The topological polar surface area (TPSA) is 24.1 Å². The highest BCUT2D eigenvalue weighted by Gasteiger charge is 2.39. The van der Waals surface area contributed by atoms with Crippen LogP contribution < -0.4 is 10.6 Å². The van der Waals surface area contributed by atoms with Crippen molar-refractivity contribution in [2.75, 3.05) is 5.32 Å². The summed E-state index contributed by atoms with van der Waals surface area (Å²) < 4.78 is 14.4. The SMILES string of the molecule is Fc1cc(Br)ccc1NC(=S)N[C@@H]1C[C@H]2CC[C@@H]1C2. The molecule has 2 aliphatic carbocycles. The Bertz CT molecular complexity index is 508. The molecule has 2 saturated carbocycles. The standard InChI is InChI=1S/C14H16BrFN2S/c15-10-3-4-12(11(16)7-10)17-14(19)18-13-6-8-1-2-9(13)5-8/h3-4,7-9,13H,1-2,5-6H2,(H2,17,18,19)/t8-,9+,13+/m0/s1. The number of hydrogen-bond donors (Lipinski definition) is 2. The van der Waals surface area contributed by atoms with E-state index in [-0.39, 0.29) is 5.82 Å². The van der Waals surface area contributed by atoms with Crippen molar-refractivity contribution in [1.29, 1.82) is 0 Å². The molecule has 5 heteroatoms. The number of rotatable bonds is 2. The van der Waals surface area contributed by atoms with E-state index in [1.807, 2.05) is 0 Å². The number of nitrogens with one attached hydrogen (secondary N) is 2. The van der Waals surface area contributed by atoms with Gasteiger partial charge in [-0.05, 0) is 61.5 Å². The fraction of sp³-hybridized carbons (Fsp3) is 0.500. The smallest absolute Gasteiger partial charge is 0.171 e. The van der Waals surface area contributed by atoms with Gasteiger partial charge in [0, 0.05) is 10.5 Å². The van der Waals surface area contributed by atoms with Crippen LogP contribution >= 0.6 is 28.1 Å². The second-order valence-corrected chi connectivity index (χ2v) is 6.83. The minimum absolute atomic E-state index is 0.300. The van der Waals surface area contributed by atoms with Crippen molar-refractivity contribution < 1.29 is 4.39 Å². The largest absolute Gasteiger partial charge is 0.359 e. The number of benzene rings is 1. The fourth-order valence-electron chi connectivity index (χ4n) is 3.34. The van der Waals surface area contributed by atoms with Crippen LogP contribution in [0.4, 0.5) is 10.1 Å². The molecule has 19 heavy (non-hydrogen) atoms. The summed E-state index contributed by atoms with van der Waals surface area (Å²) in [6.45, 7) is 0. The zero-order valence-corrected chi connectivity index (χ0v) is 12.9. The Hall–Kier alpha value is -0.680. The Morgan fingerprint density at radius 1 is 1.32 bits per heavy atom. The average molecular weight is 343 g/mol. The summed E-state index contributed by atoms with van der Waals surface area (Å²) in [7, 11) is 0. The number of thiocarbonyl (C=S) groups is 1. The first-order valence-corrected chi connectivity index (χ1v) is 7.84. The molecular weight excluding hydrogens is 327 g/mol. The van der Waals surface area contributed by atoms with Crippen molar-refractivity contribution in [2.45, 2.75) is 31.7 Å². The van der Waals surface area contributed by atoms with Crippen molar-refractivity contribution in [3.63, 3.8) is 0 Å². The van der Waals surface area contributed by atoms with Crippen LogP contribution in [0.15, 0.2) is 22.7 Å². The van der Waals surface area contributed by atoms with Crippen LogP contribution in [-0.4, -0.2) is 11.2 Å². The molecule has 0 aliphatic heterocycles. The first-order valence-electron chi connectivity index (χ1n) is 6.64. The van der Waals surface area contributed by atoms with Gasteiger partial charge in [0.05, 0.1) is 5.69 Å². The van der Waals surface area contributed by atoms with E-state index in [0.29, 0.717) is 16.8 Å². The van der Waals surface area contributed by atoms with E-state index in [9.17, 15) is 4.39 Å². The van der Waals surface area contributed by atoms with Crippen molar-refractivity contribution in [3.8, 4) is 0 Å². The molecule has 0 unspecified atom stereocenters. The Morgan fingerprint density at radius 2 is 2.16 bits per heavy atom. The molecule has 2 fully saturated rings. The van der Waals surface area contributed by atoms with E-state index in [1.165, 1.54) is 31.7 Å². The Labute approximate surface area is 126 Å². The average Bonchev–Trinajstić information content (AvgIpc) is 2.95. The number of hydrogen-bond acceptors (Lipinski definition) is 1. The molecular formula is C14H16BrFN2S. The number of fused-ring (bicyclic) bond motifs is 2. The summed E-state index contributed by atoms with van der Waals surface area (Å²) in [5, 5.41) is 6.82. The van der Waals surface area contributed by atoms with Crippen LogP contribution in [-0.2, 0) is 0 Å². The van der Waals surface area contributed by atoms with E-state index >= 15 is 0 Å². The molecule has 0 saturated heterocycles. The molecule has 0 aromatic heterocycles. The molecule has 0 spiro atoms. The van der Waals surface area contributed by atoms with E-state index in [0.717, 1.165) is 16.3 Å². The third-order valence-corrected chi connectivity index (χ3v) is 4.95. The second-order valence-electron chi connectivity index (χ2n) is 5.50. The highest BCUT2D eigenvalue weighted by atomic mass is 79.9. The van der Waals surface area contributed by atoms with Crippen LogP contribution in [0.5, 0.6) is 0 Å². The highest BCUT2D eigenvalue weighted by molar-refractivity contribution is 9.10. The maximum absolute atomic E-state index is 13.7. The molecule has 2 N–H and O–H groups in total. The summed E-state index contributed by atoms with van der Waals surface area (Å²) in [4.78, 5) is 0. The monoisotopic (exact) mass is 342 g/mol. The summed E-state index contributed by atoms with van der Waals surface area (Å²) in [6, 6.07) is 5.39. The van der Waals surface area contributed by atoms with E-state index < -0.39 is 0 Å². The molecule has 102 valence electrons. The van der Waals surface area contributed by atoms with E-state index in [4.69, 9.17) is 12.2 Å². The van der Waals surface area contributed by atoms with Gasteiger partial charge in [-0.2, -0.15) is 0 Å². The minimum atomic E-state index is -0.300. The van der Waals surface area contributed by atoms with Gasteiger partial charge in [0.2, 0.25) is 0 Å². The maximum Gasteiger partial charge on any atom is 0.171 e. The summed E-state index contributed by atoms with van der Waals surface area (Å²) in [5.74, 6) is 1.32. The molecule has 0 amide bonds. The van der Waals surface area contributed by atoms with Crippen molar-refractivity contribution in [1.82, 2.24) is 5.32 Å². The lowest BCUT2D eigenvalue weighted by Gasteiger charge is -2.24. The Balaban J connectivity index is 1.59. The van der Waals surface area contributed by atoms with Crippen LogP contribution in [0, 0.1) is 17.7 Å². The third kappa shape index (κ3) is 2.92. The molecule has 1 aromatic carbocycles. The van der Waals surface area contributed by atoms with Gasteiger partial charge in [0.25, 0.3) is 0 Å². The predicted octanol–water partition coefficient (Wildman–Crippen LogP) is 4.06. The molecule has 0 heterocycles. The van der Waals surface area contributed by atoms with Crippen LogP contribution in [0.25, 0.3) is 0 Å². The lowest BCUT2D eigenvalue weighted by Crippen LogP contribution is -2.40. The molecule has 0 radical (unpaired) electrons. The van der Waals surface area contributed by atoms with Crippen LogP contribution in [0.2, 0.25) is 0 Å². The quantitative estimate of drug-likeness (QED) is 0.792. The molecule has 2 aliphatic rings. The lowest BCUT2D eigenvalue weighted by atomic mass is 9.96. The normalized spacial score (nSPS) is 28.4. The van der Waals surface area contributed by atoms with Gasteiger partial charge in [0.1, 0.15) is 5.82 Å². The second kappa shape index (κ2) is 5.37. The van der Waals surface area contributed by atoms with E-state index in [2.05, 4.69) is 26.6 Å². The summed E-state index contributed by atoms with van der Waals surface area (Å²) in [6.07, 6.45) is 5.20. The fourth-order valence-corrected chi connectivity index (χ4v) is 3.93. The van der Waals surface area contributed by atoms with Gasteiger partial charge >= 0.3 is 0 Å². The van der Waals surface area contributed by atoms with Gasteiger partial charge in [0.15, 0.2) is 5.11 Å². The zero-order chi connectivity index (χ0) is 13.4. The molecule has 3 atom stereocenters. The van der Waals surface area contributed by atoms with Crippen molar-refractivity contribution >= 4 is 38.9 Å². The summed E-state index contributed by atoms with van der Waals surface area (Å²) in [5.41, 5.74) is 0.420. The Morgan fingerprint density at radius 3 is 2.79 bits per heavy atom. The van der Waals surface area contributed by atoms with Crippen molar-refractivity contribution in [2.24, 2.45) is 11.8 Å². The van der Waals surface area contributed by atoms with Gasteiger partial charge in [-0.25, -0.2) is 4.39 Å². The molecule has 2 bridgehead atoms. The predicted molar refractivity (Wildman–Crippen MR) is 82.7 cm³/mol. The van der Waals surface area contributed by atoms with Gasteiger partial charge in [-0.1, -0.05) is 22.4 Å². The Kier molecular flexibility index (Phi) is 3.76. The van der Waals surface area contributed by atoms with Crippen molar-refractivity contribution in [3.05, 3.63) is 28.5 Å². The first kappa shape index (κ1) is 13.3. The summed E-state index contributed by atoms with van der Waals surface area (Å²) >= 11 is 8.52. The van der Waals surface area contributed by atoms with Gasteiger partial charge in [-0.3, -0.25) is 0 Å². The minimum Gasteiger partial charge on any atom is -0.359 e. The van der Waals surface area contributed by atoms with Gasteiger partial charge in [-0.15, -0.1) is 0 Å². The third-order valence-electron chi connectivity index (χ3n) is 4.23. The zero-order valence-electron chi connectivity index (χ0n) is 10.5. The van der Waals surface area contributed by atoms with Crippen LogP contribution in [0.3, 0.4) is 0 Å². The maximum atomic E-state index is 13.7. The lowest BCUT2D eigenvalue weighted by molar-refractivity contribution is 0.391. The highest BCUT2D eigenvalue weighted by Crippen LogP contribution is 2.44. The van der Waals surface area contributed by atoms with Crippen LogP contribution in [0.1, 0.15) is 25.7 Å². The number of halogens is 2. The molecule has 2 nitrogen and oxygen atoms in total. The molecule has 3 rings (SSSR count). The van der Waals surface area contributed by atoms with E-state index in [1.54, 1.807) is 12.1 Å². The first-order chi connectivity index (χ1) is 9.11. The van der Waals surface area contributed by atoms with Gasteiger partial charge < -0.3 is 10.6 Å². The molecule has 1 aromatic rings. The number of anilines is 1.